The van der Waals surface area contributed by atoms with Crippen LogP contribution < -0.4 is 5.32 Å². The summed E-state index contributed by atoms with van der Waals surface area (Å²) in [7, 11) is 2.13. The molecule has 0 aromatic rings. The van der Waals surface area contributed by atoms with E-state index in [2.05, 4.69) is 42.9 Å². The summed E-state index contributed by atoms with van der Waals surface area (Å²) in [6, 6.07) is 0.534. The first kappa shape index (κ1) is 14.8. The topological polar surface area (TPSA) is 35.6 Å². The van der Waals surface area contributed by atoms with Crippen LogP contribution in [0, 0.1) is 0 Å². The van der Waals surface area contributed by atoms with Gasteiger partial charge in [0.1, 0.15) is 0 Å². The molecule has 0 aromatic carbocycles. The Kier molecular flexibility index (Phi) is 4.51. The number of nitrogens with one attached hydrogen (secondary N) is 1. The molecule has 1 aliphatic carbocycles. The molecule has 1 heterocycles. The summed E-state index contributed by atoms with van der Waals surface area (Å²) >= 11 is 0. The zero-order chi connectivity index (χ0) is 14.0. The molecule has 4 heteroatoms. The van der Waals surface area contributed by atoms with Gasteiger partial charge in [0.05, 0.1) is 11.7 Å². The minimum absolute atomic E-state index is 0.211. The first-order chi connectivity index (χ1) is 9.00. The number of carbonyl (C=O) groups is 1. The standard InChI is InChI=1S/C15H29N3O/c1-5-13-16-15(8-6-7-9-15)14(19)18(13)11-10-17(4)12(2)3/h12-13,16H,5-11H2,1-4H3. The Morgan fingerprint density at radius 2 is 2.05 bits per heavy atom. The first-order valence-electron chi connectivity index (χ1n) is 7.79. The molecule has 2 fully saturated rings. The summed E-state index contributed by atoms with van der Waals surface area (Å²) in [5.74, 6) is 0.356. The molecular weight excluding hydrogens is 238 g/mol. The second-order valence-electron chi connectivity index (χ2n) is 6.43. The predicted molar refractivity (Wildman–Crippen MR) is 77.9 cm³/mol. The molecule has 0 bridgehead atoms. The van der Waals surface area contributed by atoms with Gasteiger partial charge in [-0.3, -0.25) is 10.1 Å². The molecule has 1 unspecified atom stereocenters. The molecule has 1 N–H and O–H groups in total. The molecule has 0 aromatic heterocycles. The highest BCUT2D eigenvalue weighted by Crippen LogP contribution is 2.36. The number of hydrogen-bond donors (Lipinski definition) is 1. The molecule has 1 amide bonds. The number of carbonyl (C=O) groups excluding carboxylic acids is 1. The van der Waals surface area contributed by atoms with Gasteiger partial charge >= 0.3 is 0 Å². The molecule has 0 radical (unpaired) electrons. The Labute approximate surface area is 117 Å². The number of nitrogens with zero attached hydrogens (tertiary/aromatic N) is 2. The second kappa shape index (κ2) is 5.80. The third kappa shape index (κ3) is 2.79. The van der Waals surface area contributed by atoms with E-state index in [9.17, 15) is 4.79 Å². The molecule has 110 valence electrons. The van der Waals surface area contributed by atoms with Crippen molar-refractivity contribution < 1.29 is 4.79 Å². The van der Waals surface area contributed by atoms with E-state index in [4.69, 9.17) is 0 Å². The van der Waals surface area contributed by atoms with Crippen molar-refractivity contribution in [2.45, 2.75) is 70.6 Å². The van der Waals surface area contributed by atoms with Crippen LogP contribution in [0.25, 0.3) is 0 Å². The van der Waals surface area contributed by atoms with Crippen molar-refractivity contribution >= 4 is 5.91 Å². The van der Waals surface area contributed by atoms with E-state index in [0.717, 1.165) is 32.4 Å². The van der Waals surface area contributed by atoms with Crippen LogP contribution in [-0.2, 0) is 4.79 Å². The number of amides is 1. The van der Waals surface area contributed by atoms with Crippen molar-refractivity contribution in [2.24, 2.45) is 0 Å². The fourth-order valence-corrected chi connectivity index (χ4v) is 3.32. The highest BCUT2D eigenvalue weighted by Gasteiger charge is 2.51. The lowest BCUT2D eigenvalue weighted by molar-refractivity contribution is -0.133. The minimum atomic E-state index is -0.211. The third-order valence-electron chi connectivity index (χ3n) is 4.91. The van der Waals surface area contributed by atoms with Crippen LogP contribution in [-0.4, -0.2) is 53.6 Å². The highest BCUT2D eigenvalue weighted by molar-refractivity contribution is 5.89. The maximum Gasteiger partial charge on any atom is 0.244 e. The lowest BCUT2D eigenvalue weighted by atomic mass is 9.98. The third-order valence-corrected chi connectivity index (χ3v) is 4.91. The first-order valence-corrected chi connectivity index (χ1v) is 7.79. The normalized spacial score (nSPS) is 26.3. The molecule has 19 heavy (non-hydrogen) atoms. The largest absolute Gasteiger partial charge is 0.324 e. The van der Waals surface area contributed by atoms with Crippen molar-refractivity contribution in [3.63, 3.8) is 0 Å². The smallest absolute Gasteiger partial charge is 0.244 e. The van der Waals surface area contributed by atoms with Gasteiger partial charge < -0.3 is 9.80 Å². The zero-order valence-corrected chi connectivity index (χ0v) is 12.9. The van der Waals surface area contributed by atoms with Gasteiger partial charge in [0.25, 0.3) is 0 Å². The average molecular weight is 267 g/mol. The Morgan fingerprint density at radius 1 is 1.42 bits per heavy atom. The molecular formula is C15H29N3O. The van der Waals surface area contributed by atoms with Crippen LogP contribution in [0.3, 0.4) is 0 Å². The van der Waals surface area contributed by atoms with Gasteiger partial charge in [-0.2, -0.15) is 0 Å². The summed E-state index contributed by atoms with van der Waals surface area (Å²) < 4.78 is 0. The van der Waals surface area contributed by atoms with Gasteiger partial charge in [0.2, 0.25) is 5.91 Å². The lowest BCUT2D eigenvalue weighted by Crippen LogP contribution is -2.45. The Bertz CT molecular complexity index is 323. The molecule has 2 rings (SSSR count). The second-order valence-corrected chi connectivity index (χ2v) is 6.43. The average Bonchev–Trinajstić information content (AvgIpc) is 2.95. The summed E-state index contributed by atoms with van der Waals surface area (Å²) in [5.41, 5.74) is -0.211. The Balaban J connectivity index is 2.00. The van der Waals surface area contributed by atoms with Gasteiger partial charge in [-0.05, 0) is 40.2 Å². The van der Waals surface area contributed by atoms with Gasteiger partial charge in [-0.25, -0.2) is 0 Å². The van der Waals surface area contributed by atoms with E-state index in [1.165, 1.54) is 12.8 Å². The van der Waals surface area contributed by atoms with Crippen molar-refractivity contribution in [3.8, 4) is 0 Å². The van der Waals surface area contributed by atoms with Gasteiger partial charge in [-0.1, -0.05) is 19.8 Å². The van der Waals surface area contributed by atoms with Crippen LogP contribution in [0.5, 0.6) is 0 Å². The van der Waals surface area contributed by atoms with Crippen molar-refractivity contribution in [3.05, 3.63) is 0 Å². The summed E-state index contributed by atoms with van der Waals surface area (Å²) in [4.78, 5) is 17.1. The summed E-state index contributed by atoms with van der Waals surface area (Å²) in [6.45, 7) is 8.36. The van der Waals surface area contributed by atoms with E-state index in [1.54, 1.807) is 0 Å². The van der Waals surface area contributed by atoms with Crippen LogP contribution in [0.2, 0.25) is 0 Å². The number of likely N-dealkylation sites (N-methyl/N-ethyl adjacent to an activating group) is 1. The molecule has 1 atom stereocenters. The number of rotatable bonds is 5. The van der Waals surface area contributed by atoms with Crippen molar-refractivity contribution in [1.29, 1.82) is 0 Å². The van der Waals surface area contributed by atoms with E-state index in [-0.39, 0.29) is 11.7 Å². The number of hydrogen-bond acceptors (Lipinski definition) is 3. The molecule has 1 saturated heterocycles. The fourth-order valence-electron chi connectivity index (χ4n) is 3.32. The van der Waals surface area contributed by atoms with E-state index in [0.29, 0.717) is 11.9 Å². The zero-order valence-electron chi connectivity index (χ0n) is 12.9. The summed E-state index contributed by atoms with van der Waals surface area (Å²) in [5, 5.41) is 3.63. The minimum Gasteiger partial charge on any atom is -0.324 e. The van der Waals surface area contributed by atoms with Crippen LogP contribution in [0.15, 0.2) is 0 Å². The SMILES string of the molecule is CCC1NC2(CCCC2)C(=O)N1CCN(C)C(C)C. The summed E-state index contributed by atoms with van der Waals surface area (Å²) in [6.07, 6.45) is 5.67. The van der Waals surface area contributed by atoms with Crippen molar-refractivity contribution in [2.75, 3.05) is 20.1 Å². The van der Waals surface area contributed by atoms with Crippen LogP contribution in [0.1, 0.15) is 52.9 Å². The van der Waals surface area contributed by atoms with Crippen molar-refractivity contribution in [1.82, 2.24) is 15.1 Å². The van der Waals surface area contributed by atoms with E-state index >= 15 is 0 Å². The molecule has 2 aliphatic rings. The molecule has 4 nitrogen and oxygen atoms in total. The Morgan fingerprint density at radius 3 is 2.58 bits per heavy atom. The monoisotopic (exact) mass is 267 g/mol. The quantitative estimate of drug-likeness (QED) is 0.825. The van der Waals surface area contributed by atoms with Gasteiger partial charge in [0.15, 0.2) is 0 Å². The maximum absolute atomic E-state index is 12.7. The maximum atomic E-state index is 12.7. The van der Waals surface area contributed by atoms with Crippen LogP contribution in [0.4, 0.5) is 0 Å². The molecule has 1 aliphatic heterocycles. The predicted octanol–water partition coefficient (Wildman–Crippen LogP) is 1.81. The van der Waals surface area contributed by atoms with Gasteiger partial charge in [-0.15, -0.1) is 0 Å². The van der Waals surface area contributed by atoms with E-state index in [1.807, 2.05) is 0 Å². The molecule has 1 spiro atoms. The molecule has 1 saturated carbocycles. The lowest BCUT2D eigenvalue weighted by Gasteiger charge is -2.28. The van der Waals surface area contributed by atoms with Crippen LogP contribution >= 0.6 is 0 Å². The van der Waals surface area contributed by atoms with Gasteiger partial charge in [0, 0.05) is 19.1 Å². The fraction of sp³-hybridized carbons (Fsp3) is 0.933. The highest BCUT2D eigenvalue weighted by atomic mass is 16.2. The Hall–Kier alpha value is -0.610. The van der Waals surface area contributed by atoms with E-state index < -0.39 is 0 Å².